The molecule has 0 aliphatic carbocycles. The van der Waals surface area contributed by atoms with Gasteiger partial charge in [0.2, 0.25) is 5.91 Å². The largest absolute Gasteiger partial charge is 0.465 e. The Balaban J connectivity index is 2.51. The van der Waals surface area contributed by atoms with Gasteiger partial charge in [0, 0.05) is 37.1 Å². The lowest BCUT2D eigenvalue weighted by atomic mass is 10.1. The molecular weight excluding hydrogens is 276 g/mol. The van der Waals surface area contributed by atoms with Gasteiger partial charge in [-0.25, -0.2) is 0 Å². The molecule has 0 spiro atoms. The van der Waals surface area contributed by atoms with Crippen LogP contribution in [0.2, 0.25) is 0 Å². The van der Waals surface area contributed by atoms with E-state index in [1.165, 1.54) is 0 Å². The summed E-state index contributed by atoms with van der Waals surface area (Å²) >= 11 is 1.87. The molecule has 0 aromatic rings. The molecule has 1 saturated heterocycles. The molecule has 1 N–H and O–H groups in total. The third-order valence-corrected chi connectivity index (χ3v) is 4.11. The number of thioether (sulfide) groups is 1. The molecule has 0 radical (unpaired) electrons. The van der Waals surface area contributed by atoms with Crippen molar-refractivity contribution in [2.75, 3.05) is 37.7 Å². The Morgan fingerprint density at radius 2 is 2.20 bits per heavy atom. The highest BCUT2D eigenvalue weighted by Crippen LogP contribution is 2.12. The smallest absolute Gasteiger partial charge is 0.325 e. The lowest BCUT2D eigenvalue weighted by Crippen LogP contribution is -2.45. The summed E-state index contributed by atoms with van der Waals surface area (Å²) in [5.74, 6) is 2.10. The van der Waals surface area contributed by atoms with Crippen molar-refractivity contribution in [3.63, 3.8) is 0 Å². The Hall–Kier alpha value is -0.750. The van der Waals surface area contributed by atoms with Gasteiger partial charge in [0.1, 0.15) is 6.54 Å². The van der Waals surface area contributed by atoms with Crippen LogP contribution in [0, 0.1) is 5.92 Å². The molecule has 116 valence electrons. The topological polar surface area (TPSA) is 58.6 Å². The second kappa shape index (κ2) is 9.23. The van der Waals surface area contributed by atoms with Gasteiger partial charge in [0.25, 0.3) is 0 Å². The first-order valence-electron chi connectivity index (χ1n) is 7.27. The van der Waals surface area contributed by atoms with Crippen molar-refractivity contribution in [1.29, 1.82) is 0 Å². The number of rotatable bonds is 7. The van der Waals surface area contributed by atoms with Crippen molar-refractivity contribution in [3.8, 4) is 0 Å². The van der Waals surface area contributed by atoms with Crippen molar-refractivity contribution in [3.05, 3.63) is 0 Å². The maximum Gasteiger partial charge on any atom is 0.325 e. The summed E-state index contributed by atoms with van der Waals surface area (Å²) in [6, 6.07) is 0.220. The number of nitrogens with one attached hydrogen (secondary N) is 1. The molecule has 5 nitrogen and oxygen atoms in total. The van der Waals surface area contributed by atoms with Crippen molar-refractivity contribution in [1.82, 2.24) is 10.2 Å². The number of nitrogens with zero attached hydrogens (tertiary/aromatic N) is 1. The normalized spacial score (nSPS) is 18.9. The fourth-order valence-electron chi connectivity index (χ4n) is 2.15. The van der Waals surface area contributed by atoms with Crippen LogP contribution in [0.4, 0.5) is 0 Å². The molecule has 1 aliphatic rings. The van der Waals surface area contributed by atoms with E-state index >= 15 is 0 Å². The Bertz CT molecular complexity index is 318. The summed E-state index contributed by atoms with van der Waals surface area (Å²) in [6.45, 7) is 7.81. The van der Waals surface area contributed by atoms with Gasteiger partial charge >= 0.3 is 5.97 Å². The first-order valence-corrected chi connectivity index (χ1v) is 8.43. The van der Waals surface area contributed by atoms with Gasteiger partial charge in [-0.15, -0.1) is 0 Å². The molecule has 1 fully saturated rings. The van der Waals surface area contributed by atoms with Crippen LogP contribution >= 0.6 is 11.8 Å². The van der Waals surface area contributed by atoms with E-state index in [4.69, 9.17) is 4.74 Å². The summed E-state index contributed by atoms with van der Waals surface area (Å²) < 4.78 is 4.94. The molecule has 1 rings (SSSR count). The molecule has 0 bridgehead atoms. The Labute approximate surface area is 125 Å². The average molecular weight is 302 g/mol. The zero-order valence-corrected chi connectivity index (χ0v) is 13.5. The maximum absolute atomic E-state index is 12.4. The highest BCUT2D eigenvalue weighted by molar-refractivity contribution is 7.99. The Morgan fingerprint density at radius 3 is 2.75 bits per heavy atom. The van der Waals surface area contributed by atoms with Crippen LogP contribution < -0.4 is 5.32 Å². The number of carbonyl (C=O) groups excluding carboxylic acids is 2. The zero-order chi connectivity index (χ0) is 15.0. The van der Waals surface area contributed by atoms with E-state index in [0.29, 0.717) is 25.5 Å². The van der Waals surface area contributed by atoms with E-state index in [1.54, 1.807) is 11.8 Å². The minimum absolute atomic E-state index is 0.0340. The van der Waals surface area contributed by atoms with Crippen LogP contribution in [-0.4, -0.2) is 60.6 Å². The maximum atomic E-state index is 12.4. The van der Waals surface area contributed by atoms with Crippen molar-refractivity contribution < 1.29 is 14.3 Å². The fourth-order valence-corrected chi connectivity index (χ4v) is 3.10. The SMILES string of the molecule is CCOC(=O)CN(CC(C)C)C(=O)CC1CSCCN1. The highest BCUT2D eigenvalue weighted by Gasteiger charge is 2.23. The Kier molecular flexibility index (Phi) is 7.99. The summed E-state index contributed by atoms with van der Waals surface area (Å²) in [7, 11) is 0. The third-order valence-electron chi connectivity index (χ3n) is 2.98. The molecule has 0 aromatic carbocycles. The number of hydrogen-bond acceptors (Lipinski definition) is 5. The van der Waals surface area contributed by atoms with Gasteiger partial charge in [0.05, 0.1) is 6.61 Å². The monoisotopic (exact) mass is 302 g/mol. The molecule has 20 heavy (non-hydrogen) atoms. The lowest BCUT2D eigenvalue weighted by Gasteiger charge is -2.28. The van der Waals surface area contributed by atoms with Crippen LogP contribution in [0.5, 0.6) is 0 Å². The standard InChI is InChI=1S/C14H26N2O3S/c1-4-19-14(18)9-16(8-11(2)3)13(17)7-12-10-20-6-5-15-12/h11-12,15H,4-10H2,1-3H3. The van der Waals surface area contributed by atoms with Crippen LogP contribution in [-0.2, 0) is 14.3 Å². The Morgan fingerprint density at radius 1 is 1.45 bits per heavy atom. The first kappa shape index (κ1) is 17.3. The molecule has 1 heterocycles. The van der Waals surface area contributed by atoms with Crippen LogP contribution in [0.25, 0.3) is 0 Å². The summed E-state index contributed by atoms with van der Waals surface area (Å²) in [4.78, 5) is 25.6. The second-order valence-electron chi connectivity index (χ2n) is 5.40. The average Bonchev–Trinajstić information content (AvgIpc) is 2.39. The molecule has 1 atom stereocenters. The first-order chi connectivity index (χ1) is 9.52. The third kappa shape index (κ3) is 6.61. The molecule has 6 heteroatoms. The summed E-state index contributed by atoms with van der Waals surface area (Å²) in [6.07, 6.45) is 0.457. The fraction of sp³-hybridized carbons (Fsp3) is 0.857. The molecule has 1 amide bonds. The number of carbonyl (C=O) groups is 2. The molecule has 1 unspecified atom stereocenters. The summed E-state index contributed by atoms with van der Waals surface area (Å²) in [5.41, 5.74) is 0. The van der Waals surface area contributed by atoms with Crippen LogP contribution in [0.3, 0.4) is 0 Å². The van der Waals surface area contributed by atoms with E-state index in [-0.39, 0.29) is 24.5 Å². The highest BCUT2D eigenvalue weighted by atomic mass is 32.2. The van der Waals surface area contributed by atoms with Gasteiger partial charge in [-0.2, -0.15) is 11.8 Å². The number of esters is 1. The quantitative estimate of drug-likeness (QED) is 0.715. The summed E-state index contributed by atoms with van der Waals surface area (Å²) in [5, 5.41) is 3.35. The minimum Gasteiger partial charge on any atom is -0.465 e. The zero-order valence-electron chi connectivity index (χ0n) is 12.7. The second-order valence-corrected chi connectivity index (χ2v) is 6.55. The molecule has 0 saturated carbocycles. The minimum atomic E-state index is -0.326. The predicted octanol–water partition coefficient (Wildman–Crippen LogP) is 1.13. The van der Waals surface area contributed by atoms with Gasteiger partial charge in [-0.1, -0.05) is 13.8 Å². The molecule has 1 aliphatic heterocycles. The van der Waals surface area contributed by atoms with E-state index in [1.807, 2.05) is 25.6 Å². The van der Waals surface area contributed by atoms with E-state index in [2.05, 4.69) is 5.32 Å². The van der Waals surface area contributed by atoms with Gasteiger partial charge < -0.3 is 15.0 Å². The number of hydrogen-bond donors (Lipinski definition) is 1. The van der Waals surface area contributed by atoms with Crippen LogP contribution in [0.1, 0.15) is 27.2 Å². The number of ether oxygens (including phenoxy) is 1. The number of amides is 1. The van der Waals surface area contributed by atoms with Crippen LogP contribution in [0.15, 0.2) is 0 Å². The van der Waals surface area contributed by atoms with Crippen molar-refractivity contribution in [2.24, 2.45) is 5.92 Å². The van der Waals surface area contributed by atoms with Gasteiger partial charge in [-0.05, 0) is 12.8 Å². The van der Waals surface area contributed by atoms with Gasteiger partial charge in [0.15, 0.2) is 0 Å². The molecule has 0 aromatic heterocycles. The van der Waals surface area contributed by atoms with Gasteiger partial charge in [-0.3, -0.25) is 9.59 Å². The van der Waals surface area contributed by atoms with Crippen molar-refractivity contribution in [2.45, 2.75) is 33.2 Å². The van der Waals surface area contributed by atoms with E-state index in [9.17, 15) is 9.59 Å². The predicted molar refractivity (Wildman–Crippen MR) is 81.8 cm³/mol. The van der Waals surface area contributed by atoms with Crippen molar-refractivity contribution >= 4 is 23.6 Å². The van der Waals surface area contributed by atoms with E-state index in [0.717, 1.165) is 18.1 Å². The lowest BCUT2D eigenvalue weighted by molar-refractivity contribution is -0.149. The molecular formula is C14H26N2O3S. The van der Waals surface area contributed by atoms with E-state index < -0.39 is 0 Å².